The highest BCUT2D eigenvalue weighted by Gasteiger charge is 2.59. The number of carbonyl (C=O) groups excluding carboxylic acids is 1. The Morgan fingerprint density at radius 3 is 2.33 bits per heavy atom. The Morgan fingerprint density at radius 2 is 1.63 bits per heavy atom. The molecular weight excluding hydrogens is 556 g/mol. The lowest BCUT2D eigenvalue weighted by atomic mass is 9.46. The summed E-state index contributed by atoms with van der Waals surface area (Å²) in [6.45, 7) is 7.45. The number of rotatable bonds is 5. The van der Waals surface area contributed by atoms with Gasteiger partial charge in [0.1, 0.15) is 42.7 Å². The summed E-state index contributed by atoms with van der Waals surface area (Å²) in [6.07, 6.45) is -1.15. The molecule has 16 atom stereocenters. The van der Waals surface area contributed by atoms with Crippen LogP contribution in [0.1, 0.15) is 72.6 Å². The first-order valence-electron chi connectivity index (χ1n) is 16.2. The third-order valence-corrected chi connectivity index (χ3v) is 12.6. The minimum absolute atomic E-state index is 0.0115. The maximum Gasteiger partial charge on any atom is 0.187 e. The van der Waals surface area contributed by atoms with Gasteiger partial charge in [-0.25, -0.2) is 0 Å². The van der Waals surface area contributed by atoms with Crippen molar-refractivity contribution in [2.75, 3.05) is 6.61 Å². The predicted octanol–water partition coefficient (Wildman–Crippen LogP) is 1.38. The maximum absolute atomic E-state index is 12.5. The summed E-state index contributed by atoms with van der Waals surface area (Å²) in [5.41, 5.74) is 2.35. The largest absolute Gasteiger partial charge is 0.394 e. The maximum atomic E-state index is 12.5. The quantitative estimate of drug-likeness (QED) is 0.252. The van der Waals surface area contributed by atoms with Crippen LogP contribution in [0.15, 0.2) is 23.3 Å². The van der Waals surface area contributed by atoms with Gasteiger partial charge in [-0.15, -0.1) is 0 Å². The van der Waals surface area contributed by atoms with Gasteiger partial charge < -0.3 is 44.8 Å². The zero-order valence-electron chi connectivity index (χ0n) is 25.7. The molecule has 242 valence electrons. The van der Waals surface area contributed by atoms with Crippen LogP contribution in [0.25, 0.3) is 0 Å². The molecule has 2 heterocycles. The van der Waals surface area contributed by atoms with Gasteiger partial charge in [0, 0.05) is 0 Å². The summed E-state index contributed by atoms with van der Waals surface area (Å²) in [7, 11) is 0. The Kier molecular flexibility index (Phi) is 8.53. The van der Waals surface area contributed by atoms with Crippen LogP contribution in [0.5, 0.6) is 0 Å². The van der Waals surface area contributed by atoms with Crippen LogP contribution in [-0.4, -0.2) is 104 Å². The molecule has 0 bridgehead atoms. The van der Waals surface area contributed by atoms with Gasteiger partial charge in [-0.2, -0.15) is 0 Å². The molecule has 0 aromatic carbocycles. The smallest absolute Gasteiger partial charge is 0.187 e. The lowest BCUT2D eigenvalue weighted by Crippen LogP contribution is -2.65. The molecule has 0 amide bonds. The molecule has 0 aromatic heterocycles. The van der Waals surface area contributed by atoms with Crippen molar-refractivity contribution in [3.63, 3.8) is 0 Å². The molecule has 4 aliphatic carbocycles. The van der Waals surface area contributed by atoms with Crippen molar-refractivity contribution in [2.45, 2.75) is 134 Å². The van der Waals surface area contributed by atoms with Gasteiger partial charge in [-0.1, -0.05) is 31.6 Å². The molecule has 10 nitrogen and oxygen atoms in total. The number of ether oxygens (including phenoxy) is 3. The third-order valence-electron chi connectivity index (χ3n) is 12.6. The molecular formula is C33H50O10. The van der Waals surface area contributed by atoms with E-state index in [0.29, 0.717) is 17.8 Å². The summed E-state index contributed by atoms with van der Waals surface area (Å²) in [4.78, 5) is 12.5. The number of aliphatic hydroxyl groups excluding tert-OH is 6. The highest BCUT2D eigenvalue weighted by Crippen LogP contribution is 2.65. The number of carbonyl (C=O) groups is 1. The van der Waals surface area contributed by atoms with Crippen LogP contribution in [0.4, 0.5) is 0 Å². The molecule has 6 N–H and O–H groups in total. The van der Waals surface area contributed by atoms with E-state index in [9.17, 15) is 35.4 Å². The molecule has 4 fully saturated rings. The van der Waals surface area contributed by atoms with Gasteiger partial charge >= 0.3 is 0 Å². The molecule has 6 aliphatic rings. The Morgan fingerprint density at radius 1 is 0.907 bits per heavy atom. The van der Waals surface area contributed by atoms with Crippen LogP contribution >= 0.6 is 0 Å². The van der Waals surface area contributed by atoms with E-state index in [-0.39, 0.29) is 22.5 Å². The average molecular weight is 607 g/mol. The first-order chi connectivity index (χ1) is 20.3. The van der Waals surface area contributed by atoms with E-state index in [1.54, 1.807) is 13.8 Å². The first-order valence-corrected chi connectivity index (χ1v) is 16.2. The molecule has 43 heavy (non-hydrogen) atoms. The van der Waals surface area contributed by atoms with Crippen molar-refractivity contribution in [1.29, 1.82) is 0 Å². The van der Waals surface area contributed by atoms with Gasteiger partial charge in [-0.05, 0) is 98.9 Å². The van der Waals surface area contributed by atoms with E-state index in [4.69, 9.17) is 14.2 Å². The number of Topliss-reactive ketones (excluding diaryl/α,β-unsaturated/α-hetero) is 1. The molecule has 2 saturated heterocycles. The van der Waals surface area contributed by atoms with E-state index in [1.165, 1.54) is 5.57 Å². The van der Waals surface area contributed by atoms with Crippen LogP contribution in [0.2, 0.25) is 0 Å². The monoisotopic (exact) mass is 606 g/mol. The Bertz CT molecular complexity index is 1140. The van der Waals surface area contributed by atoms with E-state index in [1.807, 2.05) is 0 Å². The highest BCUT2D eigenvalue weighted by molar-refractivity contribution is 5.95. The molecule has 10 heteroatoms. The van der Waals surface area contributed by atoms with Crippen molar-refractivity contribution < 1.29 is 49.6 Å². The molecule has 0 radical (unpaired) electrons. The summed E-state index contributed by atoms with van der Waals surface area (Å²) < 4.78 is 18.0. The number of ketones is 1. The van der Waals surface area contributed by atoms with Gasteiger partial charge in [-0.3, -0.25) is 4.79 Å². The standard InChI is InChI=1S/C33H50O10/c1-15(35)20-7-8-21-19-6-5-18-13-17(9-11-32(18,3)22(19)10-12-33(20,21)4)29-30(27(39)25(37)23(14-34)42-29)43-31-28(40)26(38)24(36)16(2)41-31/h5,7,16-17,19,21-31,34,36-40H,6,8-14H2,1-4H3/t16-,17-,19-,21-,22-,23+,24-,25+,26+,27-,28+,29-,30+,31-,32-,33+/m0/s1. The van der Waals surface area contributed by atoms with Crippen LogP contribution in [-0.2, 0) is 19.0 Å². The van der Waals surface area contributed by atoms with Crippen LogP contribution in [0, 0.1) is 34.5 Å². The van der Waals surface area contributed by atoms with Crippen molar-refractivity contribution in [2.24, 2.45) is 34.5 Å². The van der Waals surface area contributed by atoms with Crippen molar-refractivity contribution in [1.82, 2.24) is 0 Å². The number of allylic oxidation sites excluding steroid dienone is 4. The lowest BCUT2D eigenvalue weighted by Gasteiger charge is -2.58. The normalized spacial score (nSPS) is 53.3. The van der Waals surface area contributed by atoms with Gasteiger partial charge in [0.15, 0.2) is 12.1 Å². The van der Waals surface area contributed by atoms with E-state index < -0.39 is 67.8 Å². The number of fused-ring (bicyclic) bond motifs is 5. The minimum Gasteiger partial charge on any atom is -0.394 e. The zero-order valence-corrected chi connectivity index (χ0v) is 25.7. The topological polar surface area (TPSA) is 166 Å². The van der Waals surface area contributed by atoms with Gasteiger partial charge in [0.25, 0.3) is 0 Å². The summed E-state index contributed by atoms with van der Waals surface area (Å²) in [5.74, 6) is 1.62. The average Bonchev–Trinajstić information content (AvgIpc) is 3.34. The lowest BCUT2D eigenvalue weighted by molar-refractivity contribution is -0.341. The molecule has 0 aromatic rings. The van der Waals surface area contributed by atoms with Crippen molar-refractivity contribution >= 4 is 5.78 Å². The Hall–Kier alpha value is -1.21. The van der Waals surface area contributed by atoms with E-state index in [0.717, 1.165) is 50.5 Å². The zero-order chi connectivity index (χ0) is 31.0. The molecule has 6 rings (SSSR count). The highest BCUT2D eigenvalue weighted by atomic mass is 16.7. The predicted molar refractivity (Wildman–Crippen MR) is 154 cm³/mol. The SMILES string of the molecule is CC(=O)C1=CC[C@H]2[C@@H]3CC=C4C[C@@H]([C@@H]5O[C@H](CO)[C@@H](O)[C@H](O)[C@H]5O[C@@H]5O[C@@H](C)[C@H](O)[C@@H](O)[C@H]5O)CC[C@]4(C)[C@H]3CC[C@]12C. The summed E-state index contributed by atoms with van der Waals surface area (Å²) >= 11 is 0. The fourth-order valence-corrected chi connectivity index (χ4v) is 10.0. The van der Waals surface area contributed by atoms with Crippen LogP contribution in [0.3, 0.4) is 0 Å². The second-order valence-corrected chi connectivity index (χ2v) is 14.7. The number of hydrogen-bond donors (Lipinski definition) is 6. The van der Waals surface area contributed by atoms with Crippen molar-refractivity contribution in [3.05, 3.63) is 23.3 Å². The summed E-state index contributed by atoms with van der Waals surface area (Å²) in [5, 5.41) is 62.9. The van der Waals surface area contributed by atoms with E-state index in [2.05, 4.69) is 26.0 Å². The fraction of sp³-hybridized carbons (Fsp3) is 0.848. The summed E-state index contributed by atoms with van der Waals surface area (Å²) in [6, 6.07) is 0. The number of aliphatic hydroxyl groups is 6. The van der Waals surface area contributed by atoms with Gasteiger partial charge in [0.05, 0.1) is 18.8 Å². The molecule has 2 saturated carbocycles. The third kappa shape index (κ3) is 5.00. The number of hydrogen-bond acceptors (Lipinski definition) is 10. The second kappa shape index (κ2) is 11.5. The minimum atomic E-state index is -1.56. The van der Waals surface area contributed by atoms with Crippen molar-refractivity contribution in [3.8, 4) is 0 Å². The van der Waals surface area contributed by atoms with Crippen LogP contribution < -0.4 is 0 Å². The molecule has 0 unspecified atom stereocenters. The first kappa shape index (κ1) is 31.8. The Balaban J connectivity index is 1.23. The molecule has 2 aliphatic heterocycles. The Labute approximate surface area is 253 Å². The fourth-order valence-electron chi connectivity index (χ4n) is 10.0. The van der Waals surface area contributed by atoms with Gasteiger partial charge in [0.2, 0.25) is 0 Å². The second-order valence-electron chi connectivity index (χ2n) is 14.7. The van der Waals surface area contributed by atoms with E-state index >= 15 is 0 Å². The molecule has 0 spiro atoms.